The molecule has 0 aliphatic carbocycles. The first-order valence-electron chi connectivity index (χ1n) is 6.87. The minimum atomic E-state index is 0.0713. The molecule has 0 aromatic carbocycles. The zero-order valence-electron chi connectivity index (χ0n) is 11.1. The topological polar surface area (TPSA) is 52.6 Å². The van der Waals surface area contributed by atoms with E-state index in [0.717, 1.165) is 38.6 Å². The molecule has 2 unspecified atom stereocenters. The summed E-state index contributed by atoms with van der Waals surface area (Å²) in [5, 5.41) is 11.8. The van der Waals surface area contributed by atoms with Gasteiger partial charge in [0.25, 0.3) is 0 Å². The predicted octanol–water partition coefficient (Wildman–Crippen LogP) is 2.12. The van der Waals surface area contributed by atoms with Gasteiger partial charge in [0.15, 0.2) is 0 Å². The van der Waals surface area contributed by atoms with Crippen molar-refractivity contribution in [2.75, 3.05) is 13.2 Å². The molecule has 2 atom stereocenters. The van der Waals surface area contributed by atoms with Gasteiger partial charge in [-0.1, -0.05) is 6.92 Å². The highest BCUT2D eigenvalue weighted by atomic mass is 16.3. The summed E-state index contributed by atoms with van der Waals surface area (Å²) >= 11 is 0. The fourth-order valence-corrected chi connectivity index (χ4v) is 2.46. The van der Waals surface area contributed by atoms with Gasteiger partial charge in [-0.3, -0.25) is 0 Å². The van der Waals surface area contributed by atoms with Crippen molar-refractivity contribution in [2.45, 2.75) is 64.5 Å². The molecule has 4 heteroatoms. The molecule has 2 N–H and O–H groups in total. The predicted molar refractivity (Wildman–Crippen MR) is 68.9 cm³/mol. The highest BCUT2D eigenvalue weighted by Crippen LogP contribution is 2.19. The van der Waals surface area contributed by atoms with Crippen LogP contribution in [-0.4, -0.2) is 41.3 Å². The van der Waals surface area contributed by atoms with Crippen LogP contribution in [0.2, 0.25) is 0 Å². The first-order valence-corrected chi connectivity index (χ1v) is 6.87. The van der Waals surface area contributed by atoms with Crippen molar-refractivity contribution in [3.63, 3.8) is 0 Å². The number of hydrogen-bond donors (Lipinski definition) is 2. The van der Waals surface area contributed by atoms with Crippen LogP contribution in [0.4, 0.5) is 4.79 Å². The largest absolute Gasteiger partial charge is 0.396 e. The van der Waals surface area contributed by atoms with Crippen molar-refractivity contribution >= 4 is 6.03 Å². The van der Waals surface area contributed by atoms with Crippen LogP contribution in [0, 0.1) is 0 Å². The number of aliphatic hydroxyl groups is 1. The smallest absolute Gasteiger partial charge is 0.317 e. The van der Waals surface area contributed by atoms with Crippen LogP contribution >= 0.6 is 0 Å². The Bertz CT molecular complexity index is 233. The number of amides is 2. The quantitative estimate of drug-likeness (QED) is 0.776. The maximum Gasteiger partial charge on any atom is 0.317 e. The third-order valence-corrected chi connectivity index (χ3v) is 3.52. The molecule has 1 rings (SSSR count). The normalized spacial score (nSPS) is 22.3. The van der Waals surface area contributed by atoms with E-state index in [-0.39, 0.29) is 18.7 Å². The van der Waals surface area contributed by atoms with Gasteiger partial charge in [-0.05, 0) is 45.4 Å². The zero-order chi connectivity index (χ0) is 12.7. The number of rotatable bonds is 5. The van der Waals surface area contributed by atoms with Crippen molar-refractivity contribution in [3.05, 3.63) is 0 Å². The molecule has 0 spiro atoms. The van der Waals surface area contributed by atoms with E-state index in [9.17, 15) is 4.79 Å². The summed E-state index contributed by atoms with van der Waals surface area (Å²) in [7, 11) is 0. The minimum absolute atomic E-state index is 0.0713. The third kappa shape index (κ3) is 4.54. The number of nitrogens with one attached hydrogen (secondary N) is 1. The second-order valence-electron chi connectivity index (χ2n) is 4.97. The number of carbonyl (C=O) groups excluding carboxylic acids is 1. The molecule has 100 valence electrons. The number of likely N-dealkylation sites (tertiary alicyclic amines) is 1. The van der Waals surface area contributed by atoms with Gasteiger partial charge < -0.3 is 15.3 Å². The van der Waals surface area contributed by atoms with E-state index in [4.69, 9.17) is 5.11 Å². The minimum Gasteiger partial charge on any atom is -0.396 e. The molecule has 0 saturated carbocycles. The number of nitrogens with zero attached hydrogens (tertiary/aromatic N) is 1. The van der Waals surface area contributed by atoms with Crippen LogP contribution in [0.1, 0.15) is 52.4 Å². The van der Waals surface area contributed by atoms with Crippen molar-refractivity contribution in [1.82, 2.24) is 10.2 Å². The fraction of sp³-hybridized carbons (Fsp3) is 0.923. The van der Waals surface area contributed by atoms with Gasteiger partial charge in [0, 0.05) is 25.2 Å². The fourth-order valence-electron chi connectivity index (χ4n) is 2.46. The van der Waals surface area contributed by atoms with E-state index in [0.29, 0.717) is 6.04 Å². The van der Waals surface area contributed by atoms with E-state index in [2.05, 4.69) is 12.2 Å². The van der Waals surface area contributed by atoms with Crippen molar-refractivity contribution in [2.24, 2.45) is 0 Å². The second kappa shape index (κ2) is 7.54. The molecule has 2 amide bonds. The summed E-state index contributed by atoms with van der Waals surface area (Å²) in [6.07, 6.45) is 6.12. The van der Waals surface area contributed by atoms with Crippen molar-refractivity contribution in [1.29, 1.82) is 0 Å². The number of carbonyl (C=O) groups is 1. The number of hydrogen-bond acceptors (Lipinski definition) is 2. The lowest BCUT2D eigenvalue weighted by Crippen LogP contribution is -2.50. The number of piperidine rings is 1. The van der Waals surface area contributed by atoms with E-state index >= 15 is 0 Å². The average Bonchev–Trinajstić information content (AvgIpc) is 2.36. The Labute approximate surface area is 104 Å². The van der Waals surface area contributed by atoms with Crippen LogP contribution < -0.4 is 5.32 Å². The Kier molecular flexibility index (Phi) is 6.34. The lowest BCUT2D eigenvalue weighted by Gasteiger charge is -2.36. The highest BCUT2D eigenvalue weighted by Gasteiger charge is 2.25. The van der Waals surface area contributed by atoms with E-state index < -0.39 is 0 Å². The molecule has 1 aliphatic heterocycles. The molecule has 1 saturated heterocycles. The Morgan fingerprint density at radius 2 is 2.29 bits per heavy atom. The summed E-state index contributed by atoms with van der Waals surface area (Å²) < 4.78 is 0. The molecular formula is C13H26N2O2. The number of urea groups is 1. The highest BCUT2D eigenvalue weighted by molar-refractivity contribution is 5.74. The Morgan fingerprint density at radius 3 is 2.94 bits per heavy atom. The van der Waals surface area contributed by atoms with E-state index in [1.165, 1.54) is 6.42 Å². The standard InChI is InChI=1S/C13H26N2O2/c1-3-12-8-4-5-9-15(12)13(17)14-11(2)7-6-10-16/h11-12,16H,3-10H2,1-2H3,(H,14,17). The van der Waals surface area contributed by atoms with Gasteiger partial charge in [-0.15, -0.1) is 0 Å². The molecule has 0 bridgehead atoms. The molecule has 1 aliphatic rings. The first kappa shape index (κ1) is 14.3. The van der Waals surface area contributed by atoms with Crippen LogP contribution in [-0.2, 0) is 0 Å². The summed E-state index contributed by atoms with van der Waals surface area (Å²) in [6.45, 7) is 5.22. The first-order chi connectivity index (χ1) is 8.19. The van der Waals surface area contributed by atoms with Gasteiger partial charge in [0.05, 0.1) is 0 Å². The van der Waals surface area contributed by atoms with Crippen molar-refractivity contribution < 1.29 is 9.90 Å². The van der Waals surface area contributed by atoms with Gasteiger partial charge in [0.2, 0.25) is 0 Å². The Morgan fingerprint density at radius 1 is 1.53 bits per heavy atom. The van der Waals surface area contributed by atoms with Crippen LogP contribution in [0.15, 0.2) is 0 Å². The molecular weight excluding hydrogens is 216 g/mol. The molecule has 0 aromatic rings. The maximum atomic E-state index is 12.1. The summed E-state index contributed by atoms with van der Waals surface area (Å²) in [5.74, 6) is 0. The number of aliphatic hydroxyl groups excluding tert-OH is 1. The van der Waals surface area contributed by atoms with E-state index in [1.807, 2.05) is 11.8 Å². The average molecular weight is 242 g/mol. The lowest BCUT2D eigenvalue weighted by atomic mass is 10.0. The van der Waals surface area contributed by atoms with Crippen molar-refractivity contribution in [3.8, 4) is 0 Å². The van der Waals surface area contributed by atoms with Gasteiger partial charge in [-0.2, -0.15) is 0 Å². The van der Waals surface area contributed by atoms with E-state index in [1.54, 1.807) is 0 Å². The monoisotopic (exact) mass is 242 g/mol. The van der Waals surface area contributed by atoms with Gasteiger partial charge in [0.1, 0.15) is 0 Å². The SMILES string of the molecule is CCC1CCCCN1C(=O)NC(C)CCCO. The molecule has 1 heterocycles. The Balaban J connectivity index is 2.39. The lowest BCUT2D eigenvalue weighted by molar-refractivity contribution is 0.145. The zero-order valence-corrected chi connectivity index (χ0v) is 11.1. The maximum absolute atomic E-state index is 12.1. The summed E-state index contributed by atoms with van der Waals surface area (Å²) in [5.41, 5.74) is 0. The van der Waals surface area contributed by atoms with Gasteiger partial charge >= 0.3 is 6.03 Å². The molecule has 0 radical (unpaired) electrons. The summed E-state index contributed by atoms with van der Waals surface area (Å²) in [4.78, 5) is 14.1. The van der Waals surface area contributed by atoms with Crippen LogP contribution in [0.3, 0.4) is 0 Å². The molecule has 1 fully saturated rings. The van der Waals surface area contributed by atoms with Crippen LogP contribution in [0.25, 0.3) is 0 Å². The van der Waals surface area contributed by atoms with Gasteiger partial charge in [-0.25, -0.2) is 4.79 Å². The second-order valence-corrected chi connectivity index (χ2v) is 4.97. The molecule has 4 nitrogen and oxygen atoms in total. The third-order valence-electron chi connectivity index (χ3n) is 3.52. The Hall–Kier alpha value is -0.770. The van der Waals surface area contributed by atoms with Crippen LogP contribution in [0.5, 0.6) is 0 Å². The summed E-state index contributed by atoms with van der Waals surface area (Å²) in [6, 6.07) is 0.630. The molecule has 0 aromatic heterocycles. The molecule has 17 heavy (non-hydrogen) atoms.